The van der Waals surface area contributed by atoms with Crippen LogP contribution in [0.4, 0.5) is 5.69 Å². The van der Waals surface area contributed by atoms with E-state index in [-0.39, 0.29) is 30.5 Å². The first-order chi connectivity index (χ1) is 7.56. The lowest BCUT2D eigenvalue weighted by molar-refractivity contribution is -0.120. The van der Waals surface area contributed by atoms with Crippen molar-refractivity contribution in [3.05, 3.63) is 11.4 Å². The smallest absolute Gasteiger partial charge is 0.273 e. The highest BCUT2D eigenvalue weighted by Crippen LogP contribution is 2.11. The van der Waals surface area contributed by atoms with E-state index in [0.717, 1.165) is 0 Å². The molecule has 5 N–H and O–H groups in total. The highest BCUT2D eigenvalue weighted by Gasteiger charge is 2.14. The molecular weight excluding hydrogens is 210 g/mol. The maximum atomic E-state index is 11.5. The molecule has 1 aromatic rings. The van der Waals surface area contributed by atoms with Gasteiger partial charge in [0, 0.05) is 20.0 Å². The van der Waals surface area contributed by atoms with Crippen LogP contribution >= 0.6 is 0 Å². The van der Waals surface area contributed by atoms with Crippen molar-refractivity contribution in [1.29, 1.82) is 0 Å². The Labute approximate surface area is 92.8 Å². The lowest BCUT2D eigenvalue weighted by atomic mass is 10.3. The summed E-state index contributed by atoms with van der Waals surface area (Å²) in [5, 5.41) is 11.4. The summed E-state index contributed by atoms with van der Waals surface area (Å²) >= 11 is 0. The molecule has 0 atom stereocenters. The maximum Gasteiger partial charge on any atom is 0.273 e. The fraction of sp³-hybridized carbons (Fsp3) is 0.444. The van der Waals surface area contributed by atoms with Crippen molar-refractivity contribution in [2.75, 3.05) is 19.3 Å². The fourth-order valence-corrected chi connectivity index (χ4v) is 1.11. The van der Waals surface area contributed by atoms with Crippen LogP contribution in [0, 0.1) is 6.92 Å². The molecule has 0 radical (unpaired) electrons. The minimum atomic E-state index is -0.384. The number of H-pyrrole nitrogens is 1. The number of aromatic amines is 1. The van der Waals surface area contributed by atoms with E-state index in [4.69, 9.17) is 5.73 Å². The van der Waals surface area contributed by atoms with Gasteiger partial charge in [0.25, 0.3) is 5.91 Å². The van der Waals surface area contributed by atoms with Crippen molar-refractivity contribution in [2.45, 2.75) is 13.3 Å². The number of aryl methyl sites for hydroxylation is 1. The van der Waals surface area contributed by atoms with Crippen LogP contribution in [0.5, 0.6) is 0 Å². The Balaban J connectivity index is 2.47. The average Bonchev–Trinajstić information content (AvgIpc) is 2.59. The minimum Gasteiger partial charge on any atom is -0.395 e. The molecule has 0 aromatic carbocycles. The van der Waals surface area contributed by atoms with Gasteiger partial charge in [-0.15, -0.1) is 0 Å². The van der Waals surface area contributed by atoms with Crippen LogP contribution in [-0.4, -0.2) is 35.6 Å². The lowest BCUT2D eigenvalue weighted by Crippen LogP contribution is -2.29. The summed E-state index contributed by atoms with van der Waals surface area (Å²) in [5.41, 5.74) is 6.77. The molecule has 0 aliphatic rings. The van der Waals surface area contributed by atoms with Crippen LogP contribution in [0.15, 0.2) is 0 Å². The van der Waals surface area contributed by atoms with Gasteiger partial charge in [-0.3, -0.25) is 14.7 Å². The fourth-order valence-electron chi connectivity index (χ4n) is 1.11. The molecule has 7 heteroatoms. The minimum absolute atomic E-state index is 0.133. The van der Waals surface area contributed by atoms with E-state index in [1.54, 1.807) is 14.0 Å². The van der Waals surface area contributed by atoms with Gasteiger partial charge >= 0.3 is 0 Å². The van der Waals surface area contributed by atoms with E-state index in [1.165, 1.54) is 0 Å². The lowest BCUT2D eigenvalue weighted by Gasteiger charge is -2.02. The van der Waals surface area contributed by atoms with Gasteiger partial charge in [0.2, 0.25) is 5.91 Å². The number of nitrogens with zero attached hydrogens (tertiary/aromatic N) is 1. The van der Waals surface area contributed by atoms with Crippen LogP contribution in [0.3, 0.4) is 0 Å². The summed E-state index contributed by atoms with van der Waals surface area (Å²) in [7, 11) is 1.54. The largest absolute Gasteiger partial charge is 0.395 e. The Bertz CT molecular complexity index is 399. The van der Waals surface area contributed by atoms with Gasteiger partial charge in [-0.25, -0.2) is 0 Å². The SMILES string of the molecule is CNC(=O)CCNC(=O)c1n[nH]c(C)c1N. The first kappa shape index (κ1) is 12.0. The zero-order chi connectivity index (χ0) is 12.1. The predicted molar refractivity (Wildman–Crippen MR) is 58.8 cm³/mol. The van der Waals surface area contributed by atoms with E-state index in [0.29, 0.717) is 11.4 Å². The second-order valence-corrected chi connectivity index (χ2v) is 3.29. The van der Waals surface area contributed by atoms with Gasteiger partial charge in [0.05, 0.1) is 11.4 Å². The molecule has 1 rings (SSSR count). The Morgan fingerprint density at radius 3 is 2.69 bits per heavy atom. The molecule has 7 nitrogen and oxygen atoms in total. The molecule has 0 spiro atoms. The van der Waals surface area contributed by atoms with Gasteiger partial charge in [0.1, 0.15) is 0 Å². The third-order valence-corrected chi connectivity index (χ3v) is 2.13. The molecule has 1 heterocycles. The van der Waals surface area contributed by atoms with Crippen molar-refractivity contribution < 1.29 is 9.59 Å². The molecule has 1 aromatic heterocycles. The standard InChI is InChI=1S/C9H15N5O2/c1-5-7(10)8(14-13-5)9(16)12-4-3-6(15)11-2/h3-4,10H2,1-2H3,(H,11,15)(H,12,16)(H,13,14). The number of nitrogen functional groups attached to an aromatic ring is 1. The molecule has 0 aliphatic heterocycles. The molecule has 16 heavy (non-hydrogen) atoms. The van der Waals surface area contributed by atoms with Crippen molar-refractivity contribution in [3.8, 4) is 0 Å². The molecular formula is C9H15N5O2. The van der Waals surface area contributed by atoms with Gasteiger partial charge in [-0.2, -0.15) is 5.10 Å². The van der Waals surface area contributed by atoms with Crippen molar-refractivity contribution >= 4 is 17.5 Å². The molecule has 0 fully saturated rings. The Kier molecular flexibility index (Phi) is 3.87. The number of hydrogen-bond acceptors (Lipinski definition) is 4. The number of anilines is 1. The highest BCUT2D eigenvalue weighted by molar-refractivity contribution is 5.97. The highest BCUT2D eigenvalue weighted by atomic mass is 16.2. The van der Waals surface area contributed by atoms with Gasteiger partial charge in [-0.05, 0) is 6.92 Å². The Morgan fingerprint density at radius 2 is 2.19 bits per heavy atom. The quantitative estimate of drug-likeness (QED) is 0.535. The summed E-state index contributed by atoms with van der Waals surface area (Å²) in [6.07, 6.45) is 0.228. The summed E-state index contributed by atoms with van der Waals surface area (Å²) in [6, 6.07) is 0. The number of rotatable bonds is 4. The van der Waals surface area contributed by atoms with E-state index >= 15 is 0 Å². The second-order valence-electron chi connectivity index (χ2n) is 3.29. The molecule has 0 unspecified atom stereocenters. The normalized spacial score (nSPS) is 9.88. The average molecular weight is 225 g/mol. The van der Waals surface area contributed by atoms with Crippen molar-refractivity contribution in [3.63, 3.8) is 0 Å². The monoisotopic (exact) mass is 225 g/mol. The number of nitrogens with one attached hydrogen (secondary N) is 3. The second kappa shape index (κ2) is 5.15. The van der Waals surface area contributed by atoms with E-state index in [1.807, 2.05) is 0 Å². The summed E-state index contributed by atoms with van der Waals surface area (Å²) in [4.78, 5) is 22.4. The van der Waals surface area contributed by atoms with Gasteiger partial charge in [0.15, 0.2) is 5.69 Å². The van der Waals surface area contributed by atoms with Crippen LogP contribution in [-0.2, 0) is 4.79 Å². The first-order valence-electron chi connectivity index (χ1n) is 4.85. The number of nitrogens with two attached hydrogens (primary N) is 1. The molecule has 0 saturated heterocycles. The summed E-state index contributed by atoms with van der Waals surface area (Å²) in [6.45, 7) is 1.98. The number of hydrogen-bond donors (Lipinski definition) is 4. The van der Waals surface area contributed by atoms with E-state index in [2.05, 4.69) is 20.8 Å². The molecule has 0 bridgehead atoms. The van der Waals surface area contributed by atoms with Crippen LogP contribution in [0.2, 0.25) is 0 Å². The third kappa shape index (κ3) is 2.72. The van der Waals surface area contributed by atoms with Crippen LogP contribution < -0.4 is 16.4 Å². The number of amides is 2. The summed E-state index contributed by atoms with van der Waals surface area (Å²) < 4.78 is 0. The van der Waals surface area contributed by atoms with Gasteiger partial charge in [-0.1, -0.05) is 0 Å². The zero-order valence-corrected chi connectivity index (χ0v) is 9.26. The molecule has 0 aliphatic carbocycles. The Morgan fingerprint density at radius 1 is 1.50 bits per heavy atom. The third-order valence-electron chi connectivity index (χ3n) is 2.13. The molecule has 0 saturated carbocycles. The zero-order valence-electron chi connectivity index (χ0n) is 9.26. The van der Waals surface area contributed by atoms with Crippen molar-refractivity contribution in [2.24, 2.45) is 0 Å². The Hall–Kier alpha value is -2.05. The van der Waals surface area contributed by atoms with E-state index < -0.39 is 0 Å². The topological polar surface area (TPSA) is 113 Å². The number of aromatic nitrogens is 2. The summed E-state index contributed by atoms with van der Waals surface area (Å²) in [5.74, 6) is -0.516. The predicted octanol–water partition coefficient (Wildman–Crippen LogP) is -0.834. The van der Waals surface area contributed by atoms with Crippen LogP contribution in [0.1, 0.15) is 22.6 Å². The van der Waals surface area contributed by atoms with Crippen LogP contribution in [0.25, 0.3) is 0 Å². The molecule has 88 valence electrons. The maximum absolute atomic E-state index is 11.5. The van der Waals surface area contributed by atoms with E-state index in [9.17, 15) is 9.59 Å². The molecule has 2 amide bonds. The first-order valence-corrected chi connectivity index (χ1v) is 4.85. The van der Waals surface area contributed by atoms with Gasteiger partial charge < -0.3 is 16.4 Å². The number of carbonyl (C=O) groups is 2. The number of carbonyl (C=O) groups excluding carboxylic acids is 2. The van der Waals surface area contributed by atoms with Crippen molar-refractivity contribution in [1.82, 2.24) is 20.8 Å².